The SMILES string of the molecule is CC(C)CNC(=O)c1ccc(C(=O)N2CCCC3CCCCC32)cc1. The molecule has 1 aliphatic carbocycles. The van der Waals surface area contributed by atoms with Crippen LogP contribution in [-0.2, 0) is 0 Å². The van der Waals surface area contributed by atoms with Gasteiger partial charge in [0.1, 0.15) is 0 Å². The topological polar surface area (TPSA) is 49.4 Å². The Balaban J connectivity index is 1.67. The van der Waals surface area contributed by atoms with Gasteiger partial charge >= 0.3 is 0 Å². The highest BCUT2D eigenvalue weighted by molar-refractivity contribution is 5.98. The Morgan fingerprint density at radius 2 is 1.68 bits per heavy atom. The van der Waals surface area contributed by atoms with Gasteiger partial charge in [-0.2, -0.15) is 0 Å². The van der Waals surface area contributed by atoms with Crippen LogP contribution in [0.1, 0.15) is 73.1 Å². The summed E-state index contributed by atoms with van der Waals surface area (Å²) in [5, 5.41) is 2.91. The minimum atomic E-state index is -0.0713. The van der Waals surface area contributed by atoms with E-state index in [0.717, 1.165) is 19.4 Å². The molecular weight excluding hydrogens is 312 g/mol. The Hall–Kier alpha value is -1.84. The highest BCUT2D eigenvalue weighted by Crippen LogP contribution is 2.35. The molecule has 0 aromatic heterocycles. The molecule has 0 bridgehead atoms. The predicted octanol–water partition coefficient (Wildman–Crippen LogP) is 3.87. The third-order valence-electron chi connectivity index (χ3n) is 5.57. The second-order valence-electron chi connectivity index (χ2n) is 7.93. The minimum Gasteiger partial charge on any atom is -0.352 e. The summed E-state index contributed by atoms with van der Waals surface area (Å²) in [4.78, 5) is 27.2. The molecule has 136 valence electrons. The van der Waals surface area contributed by atoms with Gasteiger partial charge in [0.05, 0.1) is 0 Å². The van der Waals surface area contributed by atoms with Gasteiger partial charge in [-0.25, -0.2) is 0 Å². The number of nitrogens with one attached hydrogen (secondary N) is 1. The zero-order chi connectivity index (χ0) is 17.8. The van der Waals surface area contributed by atoms with E-state index in [1.165, 1.54) is 25.7 Å². The number of nitrogens with zero attached hydrogens (tertiary/aromatic N) is 1. The van der Waals surface area contributed by atoms with Gasteiger partial charge in [0, 0.05) is 30.3 Å². The molecule has 2 amide bonds. The van der Waals surface area contributed by atoms with Crippen molar-refractivity contribution in [3.05, 3.63) is 35.4 Å². The molecular formula is C21H30N2O2. The Morgan fingerprint density at radius 1 is 1.04 bits per heavy atom. The number of hydrogen-bond donors (Lipinski definition) is 1. The Labute approximate surface area is 151 Å². The van der Waals surface area contributed by atoms with E-state index in [1.54, 1.807) is 24.3 Å². The first-order chi connectivity index (χ1) is 12.1. The minimum absolute atomic E-state index is 0.0713. The van der Waals surface area contributed by atoms with Crippen LogP contribution in [0.15, 0.2) is 24.3 Å². The first-order valence-electron chi connectivity index (χ1n) is 9.75. The van der Waals surface area contributed by atoms with Crippen molar-refractivity contribution in [2.24, 2.45) is 11.8 Å². The third kappa shape index (κ3) is 4.23. The van der Waals surface area contributed by atoms with Crippen LogP contribution in [0.3, 0.4) is 0 Å². The highest BCUT2D eigenvalue weighted by atomic mass is 16.2. The van der Waals surface area contributed by atoms with Crippen LogP contribution in [0.2, 0.25) is 0 Å². The van der Waals surface area contributed by atoms with Crippen LogP contribution in [-0.4, -0.2) is 35.8 Å². The molecule has 25 heavy (non-hydrogen) atoms. The zero-order valence-corrected chi connectivity index (χ0v) is 15.5. The average Bonchev–Trinajstić information content (AvgIpc) is 2.65. The molecule has 2 aliphatic rings. The molecule has 0 radical (unpaired) electrons. The van der Waals surface area contributed by atoms with Crippen LogP contribution in [0.5, 0.6) is 0 Å². The quantitative estimate of drug-likeness (QED) is 0.903. The molecule has 2 fully saturated rings. The van der Waals surface area contributed by atoms with Gasteiger partial charge in [0.15, 0.2) is 0 Å². The molecule has 1 aliphatic heterocycles. The summed E-state index contributed by atoms with van der Waals surface area (Å²) >= 11 is 0. The molecule has 1 aromatic carbocycles. The normalized spacial score (nSPS) is 23.2. The summed E-state index contributed by atoms with van der Waals surface area (Å²) in [5.41, 5.74) is 1.32. The van der Waals surface area contributed by atoms with Crippen molar-refractivity contribution in [3.63, 3.8) is 0 Å². The first kappa shape index (κ1) is 18.0. The summed E-state index contributed by atoms with van der Waals surface area (Å²) in [6.45, 7) is 5.67. The number of piperidine rings is 1. The molecule has 1 N–H and O–H groups in total. The number of carbonyl (C=O) groups excluding carboxylic acids is 2. The number of hydrogen-bond acceptors (Lipinski definition) is 2. The van der Waals surface area contributed by atoms with Crippen LogP contribution in [0.25, 0.3) is 0 Å². The number of fused-ring (bicyclic) bond motifs is 1. The first-order valence-corrected chi connectivity index (χ1v) is 9.75. The summed E-state index contributed by atoms with van der Waals surface area (Å²) < 4.78 is 0. The second-order valence-corrected chi connectivity index (χ2v) is 7.93. The summed E-state index contributed by atoms with van der Waals surface area (Å²) in [5.74, 6) is 1.17. The van der Waals surface area contributed by atoms with Crippen LogP contribution in [0, 0.1) is 11.8 Å². The van der Waals surface area contributed by atoms with E-state index in [4.69, 9.17) is 0 Å². The lowest BCUT2D eigenvalue weighted by molar-refractivity contribution is 0.0390. The van der Waals surface area contributed by atoms with Crippen molar-refractivity contribution in [3.8, 4) is 0 Å². The Kier molecular flexibility index (Phi) is 5.77. The lowest BCUT2D eigenvalue weighted by atomic mass is 9.78. The molecule has 1 heterocycles. The van der Waals surface area contributed by atoms with E-state index in [1.807, 2.05) is 0 Å². The largest absolute Gasteiger partial charge is 0.352 e. The van der Waals surface area contributed by atoms with Crippen molar-refractivity contribution < 1.29 is 9.59 Å². The summed E-state index contributed by atoms with van der Waals surface area (Å²) in [6.07, 6.45) is 7.34. The maximum Gasteiger partial charge on any atom is 0.254 e. The van der Waals surface area contributed by atoms with Gasteiger partial charge in [0.25, 0.3) is 11.8 Å². The fourth-order valence-corrected chi connectivity index (χ4v) is 4.21. The average molecular weight is 342 g/mol. The van der Waals surface area contributed by atoms with Gasteiger partial charge in [0.2, 0.25) is 0 Å². The van der Waals surface area contributed by atoms with Crippen molar-refractivity contribution in [2.45, 2.75) is 58.4 Å². The number of rotatable bonds is 4. The van der Waals surface area contributed by atoms with E-state index in [2.05, 4.69) is 24.1 Å². The van der Waals surface area contributed by atoms with Crippen molar-refractivity contribution in [1.82, 2.24) is 10.2 Å². The van der Waals surface area contributed by atoms with E-state index in [0.29, 0.717) is 35.5 Å². The van der Waals surface area contributed by atoms with Gasteiger partial charge in [-0.15, -0.1) is 0 Å². The molecule has 0 spiro atoms. The number of benzene rings is 1. The van der Waals surface area contributed by atoms with Gasteiger partial charge in [-0.3, -0.25) is 9.59 Å². The van der Waals surface area contributed by atoms with Gasteiger partial charge < -0.3 is 10.2 Å². The fourth-order valence-electron chi connectivity index (χ4n) is 4.21. The molecule has 4 nitrogen and oxygen atoms in total. The van der Waals surface area contributed by atoms with Crippen molar-refractivity contribution >= 4 is 11.8 Å². The van der Waals surface area contributed by atoms with Crippen molar-refractivity contribution in [2.75, 3.05) is 13.1 Å². The fraction of sp³-hybridized carbons (Fsp3) is 0.619. The standard InChI is InChI=1S/C21H30N2O2/c1-15(2)14-22-20(24)17-9-11-18(12-10-17)21(25)23-13-5-7-16-6-3-4-8-19(16)23/h9-12,15-16,19H,3-8,13-14H2,1-2H3,(H,22,24). The molecule has 4 heteroatoms. The smallest absolute Gasteiger partial charge is 0.254 e. The van der Waals surface area contributed by atoms with E-state index in [-0.39, 0.29) is 11.8 Å². The predicted molar refractivity (Wildman–Crippen MR) is 99.6 cm³/mol. The highest BCUT2D eigenvalue weighted by Gasteiger charge is 2.35. The Bertz CT molecular complexity index is 607. The maximum atomic E-state index is 13.0. The lowest BCUT2D eigenvalue weighted by Crippen LogP contribution is -2.49. The monoisotopic (exact) mass is 342 g/mol. The molecule has 1 saturated carbocycles. The second kappa shape index (κ2) is 8.03. The summed E-state index contributed by atoms with van der Waals surface area (Å²) in [7, 11) is 0. The maximum absolute atomic E-state index is 13.0. The van der Waals surface area contributed by atoms with E-state index >= 15 is 0 Å². The zero-order valence-electron chi connectivity index (χ0n) is 15.5. The summed E-state index contributed by atoms with van der Waals surface area (Å²) in [6, 6.07) is 7.57. The Morgan fingerprint density at radius 3 is 2.40 bits per heavy atom. The van der Waals surface area contributed by atoms with Gasteiger partial charge in [-0.1, -0.05) is 26.7 Å². The number of amides is 2. The van der Waals surface area contributed by atoms with E-state index < -0.39 is 0 Å². The molecule has 2 unspecified atom stereocenters. The lowest BCUT2D eigenvalue weighted by Gasteiger charge is -2.44. The third-order valence-corrected chi connectivity index (χ3v) is 5.57. The van der Waals surface area contributed by atoms with Gasteiger partial charge in [-0.05, 0) is 61.8 Å². The van der Waals surface area contributed by atoms with Crippen LogP contribution in [0.4, 0.5) is 0 Å². The van der Waals surface area contributed by atoms with E-state index in [9.17, 15) is 9.59 Å². The van der Waals surface area contributed by atoms with Crippen LogP contribution < -0.4 is 5.32 Å². The number of carbonyl (C=O) groups is 2. The number of likely N-dealkylation sites (tertiary alicyclic amines) is 1. The molecule has 1 aromatic rings. The molecule has 2 atom stereocenters. The van der Waals surface area contributed by atoms with Crippen molar-refractivity contribution in [1.29, 1.82) is 0 Å². The van der Waals surface area contributed by atoms with Crippen LogP contribution >= 0.6 is 0 Å². The molecule has 1 saturated heterocycles. The molecule has 3 rings (SSSR count).